The molecule has 0 saturated heterocycles. The zero-order valence-electron chi connectivity index (χ0n) is 13.8. The van der Waals surface area contributed by atoms with Crippen LogP contribution in [0.15, 0.2) is 23.3 Å². The molecular formula is C16H20Cl2N2O4. The van der Waals surface area contributed by atoms with Crippen molar-refractivity contribution < 1.29 is 19.1 Å². The fourth-order valence-corrected chi connectivity index (χ4v) is 2.33. The van der Waals surface area contributed by atoms with Gasteiger partial charge in [-0.3, -0.25) is 9.59 Å². The molecule has 0 aliphatic heterocycles. The van der Waals surface area contributed by atoms with E-state index in [1.54, 1.807) is 26.0 Å². The maximum absolute atomic E-state index is 11.8. The summed E-state index contributed by atoms with van der Waals surface area (Å²) in [6.07, 6.45) is 0.529. The Morgan fingerprint density at radius 2 is 2.00 bits per heavy atom. The molecule has 0 saturated carbocycles. The van der Waals surface area contributed by atoms with Gasteiger partial charge >= 0.3 is 5.97 Å². The van der Waals surface area contributed by atoms with Gasteiger partial charge in [-0.05, 0) is 38.5 Å². The molecule has 1 atom stereocenters. The second kappa shape index (κ2) is 10.2. The average molecular weight is 375 g/mol. The second-order valence-corrected chi connectivity index (χ2v) is 5.71. The monoisotopic (exact) mass is 374 g/mol. The lowest BCUT2D eigenvalue weighted by Crippen LogP contribution is -2.29. The second-order valence-electron chi connectivity index (χ2n) is 4.86. The van der Waals surface area contributed by atoms with Crippen molar-refractivity contribution >= 4 is 40.8 Å². The molecule has 0 aliphatic carbocycles. The van der Waals surface area contributed by atoms with Gasteiger partial charge in [0.05, 0.1) is 17.5 Å². The lowest BCUT2D eigenvalue weighted by atomic mass is 10.0. The van der Waals surface area contributed by atoms with E-state index in [2.05, 4.69) is 10.5 Å². The van der Waals surface area contributed by atoms with Gasteiger partial charge in [-0.2, -0.15) is 5.10 Å². The highest BCUT2D eigenvalue weighted by Gasteiger charge is 2.21. The van der Waals surface area contributed by atoms with Gasteiger partial charge in [0, 0.05) is 10.7 Å². The Hall–Kier alpha value is -1.79. The van der Waals surface area contributed by atoms with Crippen LogP contribution in [-0.4, -0.2) is 30.8 Å². The van der Waals surface area contributed by atoms with Crippen molar-refractivity contribution in [2.75, 3.05) is 13.2 Å². The van der Waals surface area contributed by atoms with Gasteiger partial charge in [0.1, 0.15) is 5.75 Å². The average Bonchev–Trinajstić information content (AvgIpc) is 2.53. The first kappa shape index (κ1) is 20.3. The lowest BCUT2D eigenvalue weighted by molar-refractivity contribution is -0.145. The number of benzene rings is 1. The van der Waals surface area contributed by atoms with E-state index in [1.807, 2.05) is 6.92 Å². The van der Waals surface area contributed by atoms with Gasteiger partial charge < -0.3 is 9.47 Å². The van der Waals surface area contributed by atoms with Crippen LogP contribution in [0.5, 0.6) is 5.75 Å². The number of amides is 1. The van der Waals surface area contributed by atoms with Crippen LogP contribution in [0, 0.1) is 5.92 Å². The molecule has 8 heteroatoms. The zero-order chi connectivity index (χ0) is 18.1. The number of rotatable bonds is 8. The van der Waals surface area contributed by atoms with Gasteiger partial charge in [-0.25, -0.2) is 5.43 Å². The molecule has 0 aromatic heterocycles. The molecule has 1 aromatic carbocycles. The number of carbonyl (C=O) groups excluding carboxylic acids is 2. The van der Waals surface area contributed by atoms with E-state index in [1.165, 1.54) is 6.07 Å². The predicted octanol–water partition coefficient (Wildman–Crippen LogP) is 3.45. The SMILES string of the molecule is CCOC(=O)C(CC)C(C)=NNC(=O)COc1ccc(Cl)cc1Cl. The van der Waals surface area contributed by atoms with Crippen molar-refractivity contribution in [2.45, 2.75) is 27.2 Å². The van der Waals surface area contributed by atoms with Crippen LogP contribution in [0.3, 0.4) is 0 Å². The first-order chi connectivity index (χ1) is 11.4. The van der Waals surface area contributed by atoms with E-state index in [9.17, 15) is 9.59 Å². The standard InChI is InChI=1S/C16H20Cl2N2O4/c1-4-12(16(22)23-5-2)10(3)19-20-15(21)9-24-14-7-6-11(17)8-13(14)18/h6-8,12H,4-5,9H2,1-3H3,(H,20,21). The minimum absolute atomic E-state index is 0.270. The highest BCUT2D eigenvalue weighted by Crippen LogP contribution is 2.27. The zero-order valence-corrected chi connectivity index (χ0v) is 15.3. The van der Waals surface area contributed by atoms with E-state index in [4.69, 9.17) is 32.7 Å². The summed E-state index contributed by atoms with van der Waals surface area (Å²) in [6.45, 7) is 5.26. The number of hydrogen-bond acceptors (Lipinski definition) is 5. The fraction of sp³-hybridized carbons (Fsp3) is 0.438. The maximum atomic E-state index is 11.8. The van der Waals surface area contributed by atoms with Crippen LogP contribution in [0.1, 0.15) is 27.2 Å². The number of carbonyl (C=O) groups is 2. The van der Waals surface area contributed by atoms with Gasteiger partial charge in [0.2, 0.25) is 0 Å². The van der Waals surface area contributed by atoms with Crippen LogP contribution < -0.4 is 10.2 Å². The van der Waals surface area contributed by atoms with E-state index in [0.717, 1.165) is 0 Å². The van der Waals surface area contributed by atoms with Crippen molar-refractivity contribution in [3.05, 3.63) is 28.2 Å². The molecule has 6 nitrogen and oxygen atoms in total. The Balaban J connectivity index is 2.56. The van der Waals surface area contributed by atoms with Crippen LogP contribution in [0.4, 0.5) is 0 Å². The third kappa shape index (κ3) is 6.37. The molecule has 0 aliphatic rings. The largest absolute Gasteiger partial charge is 0.482 e. The highest BCUT2D eigenvalue weighted by atomic mass is 35.5. The molecule has 0 spiro atoms. The molecule has 1 unspecified atom stereocenters. The number of ether oxygens (including phenoxy) is 2. The minimum Gasteiger partial charge on any atom is -0.482 e. The molecule has 0 radical (unpaired) electrons. The third-order valence-corrected chi connectivity index (χ3v) is 3.62. The lowest BCUT2D eigenvalue weighted by Gasteiger charge is -2.13. The molecule has 1 amide bonds. The Labute approximate surface area is 151 Å². The van der Waals surface area contributed by atoms with Crippen molar-refractivity contribution in [2.24, 2.45) is 11.0 Å². The molecule has 0 fully saturated rings. The summed E-state index contributed by atoms with van der Waals surface area (Å²) in [5.41, 5.74) is 2.81. The Kier molecular flexibility index (Phi) is 8.57. The molecule has 132 valence electrons. The molecule has 0 bridgehead atoms. The molecule has 0 heterocycles. The van der Waals surface area contributed by atoms with Gasteiger partial charge in [0.15, 0.2) is 6.61 Å². The van der Waals surface area contributed by atoms with E-state index >= 15 is 0 Å². The Bertz CT molecular complexity index is 620. The summed E-state index contributed by atoms with van der Waals surface area (Å²) in [5.74, 6) is -0.981. The number of halogens is 2. The van der Waals surface area contributed by atoms with Crippen molar-refractivity contribution in [1.29, 1.82) is 0 Å². The Morgan fingerprint density at radius 3 is 2.58 bits per heavy atom. The maximum Gasteiger partial charge on any atom is 0.314 e. The summed E-state index contributed by atoms with van der Waals surface area (Å²) in [6, 6.07) is 4.69. The minimum atomic E-state index is -0.489. The summed E-state index contributed by atoms with van der Waals surface area (Å²) in [7, 11) is 0. The van der Waals surface area contributed by atoms with E-state index < -0.39 is 11.8 Å². The summed E-state index contributed by atoms with van der Waals surface area (Å²) in [5, 5.41) is 4.71. The Morgan fingerprint density at radius 1 is 1.29 bits per heavy atom. The number of nitrogens with zero attached hydrogens (tertiary/aromatic N) is 1. The number of hydrazone groups is 1. The van der Waals surface area contributed by atoms with E-state index in [0.29, 0.717) is 34.5 Å². The predicted molar refractivity (Wildman–Crippen MR) is 93.6 cm³/mol. The molecule has 24 heavy (non-hydrogen) atoms. The topological polar surface area (TPSA) is 77.0 Å². The van der Waals surface area contributed by atoms with Crippen molar-refractivity contribution in [3.63, 3.8) is 0 Å². The number of hydrogen-bond donors (Lipinski definition) is 1. The number of esters is 1. The fourth-order valence-electron chi connectivity index (χ4n) is 1.87. The molecule has 1 aromatic rings. The summed E-state index contributed by atoms with van der Waals surface area (Å²) >= 11 is 11.7. The van der Waals surface area contributed by atoms with Gasteiger partial charge in [-0.1, -0.05) is 30.1 Å². The highest BCUT2D eigenvalue weighted by molar-refractivity contribution is 6.35. The van der Waals surface area contributed by atoms with Crippen LogP contribution in [-0.2, 0) is 14.3 Å². The van der Waals surface area contributed by atoms with E-state index in [-0.39, 0.29) is 12.6 Å². The first-order valence-electron chi connectivity index (χ1n) is 7.46. The van der Waals surface area contributed by atoms with Crippen molar-refractivity contribution in [1.82, 2.24) is 5.43 Å². The third-order valence-electron chi connectivity index (χ3n) is 3.09. The quantitative estimate of drug-likeness (QED) is 0.429. The van der Waals surface area contributed by atoms with Crippen LogP contribution in [0.2, 0.25) is 10.0 Å². The molecule has 1 N–H and O–H groups in total. The van der Waals surface area contributed by atoms with Crippen LogP contribution in [0.25, 0.3) is 0 Å². The van der Waals surface area contributed by atoms with Crippen molar-refractivity contribution in [3.8, 4) is 5.75 Å². The van der Waals surface area contributed by atoms with Gasteiger partial charge in [-0.15, -0.1) is 0 Å². The van der Waals surface area contributed by atoms with Gasteiger partial charge in [0.25, 0.3) is 5.91 Å². The summed E-state index contributed by atoms with van der Waals surface area (Å²) < 4.78 is 10.3. The molecular weight excluding hydrogens is 355 g/mol. The smallest absolute Gasteiger partial charge is 0.314 e. The number of nitrogens with one attached hydrogen (secondary N) is 1. The van der Waals surface area contributed by atoms with Crippen LogP contribution >= 0.6 is 23.2 Å². The summed E-state index contributed by atoms with van der Waals surface area (Å²) in [4.78, 5) is 23.5. The normalized spacial score (nSPS) is 12.5. The molecule has 1 rings (SSSR count). The first-order valence-corrected chi connectivity index (χ1v) is 8.22.